The van der Waals surface area contributed by atoms with Gasteiger partial charge in [0.05, 0.1) is 52.3 Å². The van der Waals surface area contributed by atoms with Crippen molar-refractivity contribution in [3.63, 3.8) is 0 Å². The smallest absolute Gasteiger partial charge is 0.744 e. The Labute approximate surface area is 252 Å². The monoisotopic (exact) mass is 544 g/mol. The van der Waals surface area contributed by atoms with Gasteiger partial charge in [0, 0.05) is 11.1 Å². The summed E-state index contributed by atoms with van der Waals surface area (Å²) in [6.07, 6.45) is 0. The number of esters is 2. The molecule has 2 heterocycles. The molecule has 0 aliphatic rings. The molecule has 0 fully saturated rings. The summed E-state index contributed by atoms with van der Waals surface area (Å²) in [5, 5.41) is 0. The van der Waals surface area contributed by atoms with Crippen molar-refractivity contribution in [2.24, 2.45) is 0 Å². The molecule has 0 aliphatic carbocycles. The van der Waals surface area contributed by atoms with E-state index < -0.39 is 27.0 Å². The number of methoxy groups -OCH3 is 2. The summed E-state index contributed by atoms with van der Waals surface area (Å²) in [6.45, 7) is 0. The first-order valence-electron chi connectivity index (χ1n) is 10.4. The number of hydrogen-bond acceptors (Lipinski definition) is 9. The van der Waals surface area contributed by atoms with Crippen molar-refractivity contribution < 1.29 is 83.4 Å². The summed E-state index contributed by atoms with van der Waals surface area (Å²) in [6, 6.07) is 13.5. The van der Waals surface area contributed by atoms with Crippen molar-refractivity contribution >= 4 is 44.1 Å². The van der Waals surface area contributed by atoms with Crippen molar-refractivity contribution in [1.29, 1.82) is 0 Å². The van der Waals surface area contributed by atoms with E-state index in [0.717, 1.165) is 0 Å². The molecule has 11 nitrogen and oxygen atoms in total. The molecule has 2 N–H and O–H groups in total. The van der Waals surface area contributed by atoms with Gasteiger partial charge in [0.2, 0.25) is 0 Å². The number of fused-ring (bicyclic) bond motifs is 2. The van der Waals surface area contributed by atoms with Gasteiger partial charge in [-0.3, -0.25) is 0 Å². The normalized spacial score (nSPS) is 11.3. The zero-order valence-corrected chi connectivity index (χ0v) is 23.8. The van der Waals surface area contributed by atoms with E-state index in [1.54, 1.807) is 42.5 Å². The zero-order chi connectivity index (χ0) is 25.6. The van der Waals surface area contributed by atoms with Crippen LogP contribution in [-0.2, 0) is 19.6 Å². The van der Waals surface area contributed by atoms with Crippen LogP contribution < -0.4 is 51.4 Å². The number of aromatic amines is 2. The molecule has 5 rings (SSSR count). The van der Waals surface area contributed by atoms with E-state index in [1.165, 1.54) is 26.4 Å². The number of hydrogen-bond donors (Lipinski definition) is 2. The molecule has 37 heavy (non-hydrogen) atoms. The molecule has 0 amide bonds. The van der Waals surface area contributed by atoms with Gasteiger partial charge in [-0.25, -0.2) is 28.0 Å². The van der Waals surface area contributed by atoms with Crippen LogP contribution in [0, 0.1) is 0 Å². The van der Waals surface area contributed by atoms with Crippen LogP contribution in [0.15, 0.2) is 59.5 Å². The van der Waals surface area contributed by atoms with Crippen LogP contribution in [0.4, 0.5) is 0 Å². The summed E-state index contributed by atoms with van der Waals surface area (Å²) in [7, 11) is -2.28. The largest absolute Gasteiger partial charge is 1.00 e. The van der Waals surface area contributed by atoms with Gasteiger partial charge in [0.1, 0.15) is 21.8 Å². The maximum Gasteiger partial charge on any atom is 1.00 e. The number of nitrogens with one attached hydrogen (secondary N) is 2. The number of H-pyrrole nitrogens is 2. The average Bonchev–Trinajstić information content (AvgIpc) is 3.50. The summed E-state index contributed by atoms with van der Waals surface area (Å²) < 4.78 is 45.3. The Balaban J connectivity index is 0.00000320. The van der Waals surface area contributed by atoms with Crippen molar-refractivity contribution in [3.8, 4) is 22.8 Å². The predicted molar refractivity (Wildman–Crippen MR) is 127 cm³/mol. The topological polar surface area (TPSA) is 167 Å². The minimum absolute atomic E-state index is 0. The van der Waals surface area contributed by atoms with E-state index in [2.05, 4.69) is 19.9 Å². The Bertz CT molecular complexity index is 1680. The van der Waals surface area contributed by atoms with Crippen LogP contribution in [0.2, 0.25) is 0 Å². The van der Waals surface area contributed by atoms with Gasteiger partial charge in [0.25, 0.3) is 0 Å². The van der Waals surface area contributed by atoms with Gasteiger partial charge in [-0.15, -0.1) is 0 Å². The summed E-state index contributed by atoms with van der Waals surface area (Å²) in [5.74, 6) is -0.476. The molecule has 0 aliphatic heterocycles. The maximum absolute atomic E-state index is 11.9. The summed E-state index contributed by atoms with van der Waals surface area (Å²) in [5.41, 5.74) is 3.33. The van der Waals surface area contributed by atoms with Crippen LogP contribution in [0.25, 0.3) is 44.8 Å². The number of benzene rings is 3. The Morgan fingerprint density at radius 2 is 1.19 bits per heavy atom. The Morgan fingerprint density at radius 3 is 1.57 bits per heavy atom. The minimum atomic E-state index is -4.82. The fraction of sp³-hybridized carbons (Fsp3) is 0.0833. The number of rotatable bonds is 5. The first-order valence-corrected chi connectivity index (χ1v) is 11.8. The summed E-state index contributed by atoms with van der Waals surface area (Å²) in [4.78, 5) is 38.2. The molecule has 5 aromatic rings. The van der Waals surface area contributed by atoms with E-state index in [-0.39, 0.29) is 63.0 Å². The van der Waals surface area contributed by atoms with Crippen LogP contribution in [0.5, 0.6) is 0 Å². The molecule has 0 saturated heterocycles. The average molecular weight is 545 g/mol. The zero-order valence-electron chi connectivity index (χ0n) is 19.9. The fourth-order valence-corrected chi connectivity index (χ4v) is 4.34. The van der Waals surface area contributed by atoms with Gasteiger partial charge in [0.15, 0.2) is 0 Å². The molecule has 182 valence electrons. The molecule has 13 heteroatoms. The van der Waals surface area contributed by atoms with Gasteiger partial charge < -0.3 is 24.0 Å². The quantitative estimate of drug-likeness (QED) is 0.179. The molecule has 0 atom stereocenters. The third-order valence-electron chi connectivity index (χ3n) is 5.55. The van der Waals surface area contributed by atoms with Crippen molar-refractivity contribution in [2.45, 2.75) is 4.90 Å². The fourth-order valence-electron chi connectivity index (χ4n) is 3.80. The molecule has 0 spiro atoms. The Hall–Kier alpha value is -2.91. The van der Waals surface area contributed by atoms with Gasteiger partial charge in [-0.1, -0.05) is 0 Å². The first-order chi connectivity index (χ1) is 17.2. The molecule has 0 bridgehead atoms. The number of carbonyl (C=O) groups is 2. The maximum atomic E-state index is 11.9. The van der Waals surface area contributed by atoms with E-state index >= 15 is 0 Å². The van der Waals surface area contributed by atoms with E-state index in [9.17, 15) is 22.6 Å². The SMILES string of the molecule is COC(=O)c1ccc2nc(-c3cc(-c4nc5ccc(C(=O)OC)cc5[nH]4)cc(S(=O)(=O)[O-])c3)[nH]c2c1.[K+]. The predicted octanol–water partition coefficient (Wildman–Crippen LogP) is 0.254. The van der Waals surface area contributed by atoms with Crippen molar-refractivity contribution in [2.75, 3.05) is 14.2 Å². The Kier molecular flexibility index (Phi) is 7.66. The second kappa shape index (κ2) is 10.5. The van der Waals surface area contributed by atoms with Crippen molar-refractivity contribution in [3.05, 3.63) is 65.7 Å². The number of imidazole rings is 2. The molecule has 2 aromatic heterocycles. The third-order valence-corrected chi connectivity index (χ3v) is 6.36. The van der Waals surface area contributed by atoms with Gasteiger partial charge in [-0.2, -0.15) is 0 Å². The number of ether oxygens (including phenoxy) is 2. The molecular weight excluding hydrogens is 527 g/mol. The second-order valence-electron chi connectivity index (χ2n) is 7.82. The Morgan fingerprint density at radius 1 is 0.757 bits per heavy atom. The molecular formula is C24H17KN4O7S. The van der Waals surface area contributed by atoms with E-state index in [1.807, 2.05) is 0 Å². The molecule has 0 unspecified atom stereocenters. The van der Waals surface area contributed by atoms with Gasteiger partial charge in [-0.05, 0) is 54.6 Å². The van der Waals surface area contributed by atoms with Crippen LogP contribution >= 0.6 is 0 Å². The van der Waals surface area contributed by atoms with Crippen LogP contribution in [0.1, 0.15) is 20.7 Å². The first kappa shape index (κ1) is 27.1. The van der Waals surface area contributed by atoms with E-state index in [0.29, 0.717) is 44.3 Å². The standard InChI is InChI=1S/C24H18N4O7S.K/c1-34-23(29)12-3-5-17-19(10-12)27-21(25-17)14-7-15(9-16(8-14)36(31,32)33)22-26-18-6-4-13(24(30)35-2)11-20(18)28-22;/h3-11H,1-2H3,(H,25,27)(H,26,28)(H,31,32,33);/q;+1/p-1. The van der Waals surface area contributed by atoms with E-state index in [4.69, 9.17) is 9.47 Å². The number of aromatic nitrogens is 4. The second-order valence-corrected chi connectivity index (χ2v) is 9.20. The number of carbonyl (C=O) groups excluding carboxylic acids is 2. The molecule has 0 radical (unpaired) electrons. The third kappa shape index (κ3) is 5.38. The van der Waals surface area contributed by atoms with Crippen LogP contribution in [0.3, 0.4) is 0 Å². The minimum Gasteiger partial charge on any atom is -0.744 e. The van der Waals surface area contributed by atoms with Crippen LogP contribution in [-0.4, -0.2) is 59.1 Å². The number of nitrogens with zero attached hydrogens (tertiary/aromatic N) is 2. The molecule has 3 aromatic carbocycles. The van der Waals surface area contributed by atoms with Crippen molar-refractivity contribution in [1.82, 2.24) is 19.9 Å². The molecule has 0 saturated carbocycles. The van der Waals surface area contributed by atoms with Gasteiger partial charge >= 0.3 is 63.3 Å². The summed E-state index contributed by atoms with van der Waals surface area (Å²) >= 11 is 0.